The lowest BCUT2D eigenvalue weighted by atomic mass is 10.2. The normalized spacial score (nSPS) is 13.5. The van der Waals surface area contributed by atoms with Gasteiger partial charge in [0.1, 0.15) is 10.3 Å². The second-order valence-electron chi connectivity index (χ2n) is 3.21. The van der Waals surface area contributed by atoms with Gasteiger partial charge in [-0.15, -0.1) is 11.3 Å². The number of carbonyl (C=O) groups is 1. The Labute approximate surface area is 121 Å². The van der Waals surface area contributed by atoms with Gasteiger partial charge >= 0.3 is 5.97 Å². The standard InChI is InChI=1S/C8H9BrClNO5S2/c9-7-4(10)3-6(17-7)18(15,16)11-5(1-2-12)8(13)14/h3,5,11-12H,1-2H2,(H,13,14)/t5-/m0/s1. The second-order valence-corrected chi connectivity index (χ2v) is 7.93. The highest BCUT2D eigenvalue weighted by molar-refractivity contribution is 9.11. The first kappa shape index (κ1) is 15.9. The highest BCUT2D eigenvalue weighted by Crippen LogP contribution is 2.34. The van der Waals surface area contributed by atoms with Crippen molar-refractivity contribution in [2.75, 3.05) is 6.61 Å². The van der Waals surface area contributed by atoms with Crippen LogP contribution in [0.2, 0.25) is 5.02 Å². The Morgan fingerprint density at radius 1 is 1.61 bits per heavy atom. The van der Waals surface area contributed by atoms with Crippen molar-refractivity contribution < 1.29 is 23.4 Å². The molecule has 0 spiro atoms. The average Bonchev–Trinajstić information content (AvgIpc) is 2.59. The van der Waals surface area contributed by atoms with Crippen LogP contribution in [-0.4, -0.2) is 37.2 Å². The van der Waals surface area contributed by atoms with E-state index in [9.17, 15) is 13.2 Å². The van der Waals surface area contributed by atoms with Gasteiger partial charge < -0.3 is 10.2 Å². The SMILES string of the molecule is O=C(O)[C@H](CCO)NS(=O)(=O)c1cc(Cl)c(Br)s1. The highest BCUT2D eigenvalue weighted by Gasteiger charge is 2.26. The van der Waals surface area contributed by atoms with Crippen molar-refractivity contribution in [3.05, 3.63) is 14.9 Å². The van der Waals surface area contributed by atoms with Gasteiger partial charge in [-0.2, -0.15) is 4.72 Å². The van der Waals surface area contributed by atoms with E-state index in [4.69, 9.17) is 21.8 Å². The van der Waals surface area contributed by atoms with Gasteiger partial charge in [0.25, 0.3) is 10.0 Å². The van der Waals surface area contributed by atoms with Crippen molar-refractivity contribution in [1.82, 2.24) is 4.72 Å². The van der Waals surface area contributed by atoms with Crippen LogP contribution in [0.4, 0.5) is 0 Å². The number of aliphatic hydroxyl groups is 1. The molecule has 1 aromatic heterocycles. The fraction of sp³-hybridized carbons (Fsp3) is 0.375. The molecule has 10 heteroatoms. The molecule has 1 aromatic rings. The number of aliphatic hydroxyl groups excluding tert-OH is 1. The number of rotatable bonds is 6. The molecule has 0 amide bonds. The van der Waals surface area contributed by atoms with Crippen LogP contribution in [0.15, 0.2) is 14.1 Å². The Morgan fingerprint density at radius 3 is 2.61 bits per heavy atom. The summed E-state index contributed by atoms with van der Waals surface area (Å²) in [6, 6.07) is -0.157. The summed E-state index contributed by atoms with van der Waals surface area (Å²) < 4.78 is 26.1. The summed E-state index contributed by atoms with van der Waals surface area (Å²) in [5.74, 6) is -1.35. The molecule has 0 fully saturated rings. The summed E-state index contributed by atoms with van der Waals surface area (Å²) >= 11 is 9.66. The van der Waals surface area contributed by atoms with Gasteiger partial charge in [0.2, 0.25) is 0 Å². The molecule has 102 valence electrons. The third-order valence-electron chi connectivity index (χ3n) is 1.90. The van der Waals surface area contributed by atoms with E-state index in [1.54, 1.807) is 0 Å². The number of thiophene rings is 1. The third-order valence-corrected chi connectivity index (χ3v) is 6.32. The molecule has 0 bridgehead atoms. The van der Waals surface area contributed by atoms with E-state index in [0.29, 0.717) is 3.79 Å². The lowest BCUT2D eigenvalue weighted by Crippen LogP contribution is -2.41. The van der Waals surface area contributed by atoms with Crippen LogP contribution in [0, 0.1) is 0 Å². The summed E-state index contributed by atoms with van der Waals surface area (Å²) in [6.45, 7) is -0.436. The van der Waals surface area contributed by atoms with Crippen LogP contribution in [0.1, 0.15) is 6.42 Å². The molecular formula is C8H9BrClNO5S2. The number of sulfonamides is 1. The Hall–Kier alpha value is -0.190. The molecule has 6 nitrogen and oxygen atoms in total. The number of halogens is 2. The van der Waals surface area contributed by atoms with E-state index >= 15 is 0 Å². The predicted molar refractivity (Wildman–Crippen MR) is 70.5 cm³/mol. The smallest absolute Gasteiger partial charge is 0.321 e. The summed E-state index contributed by atoms with van der Waals surface area (Å²) in [7, 11) is -3.97. The minimum absolute atomic E-state index is 0.0939. The van der Waals surface area contributed by atoms with Crippen molar-refractivity contribution >= 4 is 54.9 Å². The number of hydrogen-bond acceptors (Lipinski definition) is 5. The zero-order valence-corrected chi connectivity index (χ0v) is 12.7. The van der Waals surface area contributed by atoms with Crippen LogP contribution in [0.25, 0.3) is 0 Å². The predicted octanol–water partition coefficient (Wildman–Crippen LogP) is 1.28. The second kappa shape index (κ2) is 6.31. The minimum Gasteiger partial charge on any atom is -0.480 e. The number of carboxylic acids is 1. The number of carboxylic acid groups (broad SMARTS) is 1. The molecule has 0 aliphatic heterocycles. The zero-order valence-electron chi connectivity index (χ0n) is 8.76. The molecule has 0 radical (unpaired) electrons. The maximum absolute atomic E-state index is 11.9. The Morgan fingerprint density at radius 2 is 2.22 bits per heavy atom. The van der Waals surface area contributed by atoms with Gasteiger partial charge in [-0.25, -0.2) is 8.42 Å². The zero-order chi connectivity index (χ0) is 13.9. The van der Waals surface area contributed by atoms with Crippen LogP contribution in [0.5, 0.6) is 0 Å². The summed E-state index contributed by atoms with van der Waals surface area (Å²) in [5.41, 5.74) is 0. The quantitative estimate of drug-likeness (QED) is 0.692. The van der Waals surface area contributed by atoms with Gasteiger partial charge in [0, 0.05) is 6.61 Å². The molecule has 3 N–H and O–H groups in total. The van der Waals surface area contributed by atoms with E-state index in [1.807, 2.05) is 4.72 Å². The molecule has 18 heavy (non-hydrogen) atoms. The van der Waals surface area contributed by atoms with Crippen molar-refractivity contribution in [1.29, 1.82) is 0 Å². The number of nitrogens with one attached hydrogen (secondary N) is 1. The molecule has 0 aliphatic rings. The molecule has 0 saturated heterocycles. The first-order chi connectivity index (χ1) is 8.27. The van der Waals surface area contributed by atoms with Gasteiger partial charge in [0.15, 0.2) is 0 Å². The first-order valence-electron chi connectivity index (χ1n) is 4.58. The maximum atomic E-state index is 11.9. The monoisotopic (exact) mass is 377 g/mol. The van der Waals surface area contributed by atoms with E-state index in [0.717, 1.165) is 11.3 Å². The maximum Gasteiger partial charge on any atom is 0.321 e. The number of hydrogen-bond donors (Lipinski definition) is 3. The molecule has 0 saturated carbocycles. The van der Waals surface area contributed by atoms with Crippen LogP contribution < -0.4 is 4.72 Å². The highest BCUT2D eigenvalue weighted by atomic mass is 79.9. The Kier molecular flexibility index (Phi) is 5.56. The molecule has 0 aliphatic carbocycles. The lowest BCUT2D eigenvalue weighted by molar-refractivity contribution is -0.139. The van der Waals surface area contributed by atoms with E-state index < -0.39 is 28.6 Å². The minimum atomic E-state index is -3.97. The summed E-state index contributed by atoms with van der Waals surface area (Å²) in [4.78, 5) is 10.8. The first-order valence-corrected chi connectivity index (χ1v) is 8.06. The van der Waals surface area contributed by atoms with Gasteiger partial charge in [-0.1, -0.05) is 11.6 Å². The fourth-order valence-electron chi connectivity index (χ4n) is 1.07. The summed E-state index contributed by atoms with van der Waals surface area (Å²) in [5, 5.41) is 17.7. The van der Waals surface area contributed by atoms with Crippen LogP contribution in [0.3, 0.4) is 0 Å². The third kappa shape index (κ3) is 3.90. The van der Waals surface area contributed by atoms with E-state index in [2.05, 4.69) is 15.9 Å². The number of aliphatic carboxylic acids is 1. The van der Waals surface area contributed by atoms with Gasteiger partial charge in [-0.05, 0) is 28.4 Å². The van der Waals surface area contributed by atoms with Gasteiger partial charge in [0.05, 0.1) is 8.81 Å². The van der Waals surface area contributed by atoms with Crippen molar-refractivity contribution in [2.24, 2.45) is 0 Å². The van der Waals surface area contributed by atoms with Crippen molar-refractivity contribution in [3.8, 4) is 0 Å². The Bertz CT molecular complexity index is 524. The largest absolute Gasteiger partial charge is 0.480 e. The van der Waals surface area contributed by atoms with Crippen LogP contribution >= 0.6 is 38.9 Å². The van der Waals surface area contributed by atoms with E-state index in [1.165, 1.54) is 6.07 Å². The van der Waals surface area contributed by atoms with E-state index in [-0.39, 0.29) is 15.7 Å². The molecule has 0 aromatic carbocycles. The van der Waals surface area contributed by atoms with Gasteiger partial charge in [-0.3, -0.25) is 4.79 Å². The Balaban J connectivity index is 2.96. The lowest BCUT2D eigenvalue weighted by Gasteiger charge is -2.12. The molecular weight excluding hydrogens is 370 g/mol. The molecule has 1 rings (SSSR count). The summed E-state index contributed by atoms with van der Waals surface area (Å²) in [6.07, 6.45) is -0.213. The topological polar surface area (TPSA) is 104 Å². The average molecular weight is 379 g/mol. The molecule has 0 unspecified atom stereocenters. The molecule has 1 heterocycles. The van der Waals surface area contributed by atoms with Crippen molar-refractivity contribution in [3.63, 3.8) is 0 Å². The van der Waals surface area contributed by atoms with Crippen LogP contribution in [-0.2, 0) is 14.8 Å². The van der Waals surface area contributed by atoms with Crippen molar-refractivity contribution in [2.45, 2.75) is 16.7 Å². The fourth-order valence-corrected chi connectivity index (χ4v) is 4.71. The molecule has 1 atom stereocenters.